The molecule has 0 fully saturated rings. The van der Waals surface area contributed by atoms with E-state index in [4.69, 9.17) is 15.0 Å². The number of azo groups is 3. The molecule has 118 valence electrons. The molecule has 0 spiro atoms. The zero-order chi connectivity index (χ0) is 16.7. The fourth-order valence-corrected chi connectivity index (χ4v) is 3.92. The molecule has 6 aliphatic heterocycles. The standard InChI is InChI=1S/C13H3BN12/c1-14-25-10-4-6(23-21-4)12(25)18-13-7-5(22-24-7)11(26(13)14)17-9-3-2(19-20-3)8(15-9)16-10/h1H3. The first-order chi connectivity index (χ1) is 12.8. The van der Waals surface area contributed by atoms with Gasteiger partial charge in [0.05, 0.1) is 0 Å². The highest BCUT2D eigenvalue weighted by Gasteiger charge is 2.41. The van der Waals surface area contributed by atoms with Crippen molar-refractivity contribution in [2.24, 2.45) is 50.7 Å². The van der Waals surface area contributed by atoms with Crippen LogP contribution < -0.4 is 11.0 Å². The van der Waals surface area contributed by atoms with Crippen molar-refractivity contribution in [1.29, 1.82) is 0 Å². The van der Waals surface area contributed by atoms with E-state index < -0.39 is 0 Å². The molecule has 0 N–H and O–H groups in total. The highest BCUT2D eigenvalue weighted by Crippen LogP contribution is 2.55. The van der Waals surface area contributed by atoms with E-state index in [9.17, 15) is 0 Å². The lowest BCUT2D eigenvalue weighted by atomic mass is 9.78. The van der Waals surface area contributed by atoms with E-state index >= 15 is 0 Å². The zero-order valence-corrected chi connectivity index (χ0v) is 12.9. The predicted octanol–water partition coefficient (Wildman–Crippen LogP) is 2.28. The van der Waals surface area contributed by atoms with Crippen molar-refractivity contribution in [3.8, 4) is 0 Å². The fourth-order valence-electron chi connectivity index (χ4n) is 3.92. The molecule has 2 aromatic rings. The largest absolute Gasteiger partial charge is 0.386 e. The van der Waals surface area contributed by atoms with Crippen molar-refractivity contribution < 1.29 is 0 Å². The molecule has 2 aromatic heterocycles. The molecule has 0 saturated carbocycles. The van der Waals surface area contributed by atoms with Crippen molar-refractivity contribution in [2.45, 2.75) is 6.82 Å². The van der Waals surface area contributed by atoms with Gasteiger partial charge in [0.1, 0.15) is 0 Å². The van der Waals surface area contributed by atoms with Crippen LogP contribution in [0.5, 0.6) is 0 Å². The minimum absolute atomic E-state index is 0.137. The van der Waals surface area contributed by atoms with Crippen molar-refractivity contribution in [3.63, 3.8) is 0 Å². The third-order valence-electron chi connectivity index (χ3n) is 5.20. The number of rotatable bonds is 0. The van der Waals surface area contributed by atoms with Gasteiger partial charge in [0.15, 0.2) is 68.4 Å². The summed E-state index contributed by atoms with van der Waals surface area (Å²) < 4.78 is 3.99. The summed E-state index contributed by atoms with van der Waals surface area (Å²) in [6.45, 7) is 1.92. The molecular weight excluding hydrogens is 335 g/mol. The molecule has 26 heavy (non-hydrogen) atoms. The average molecular weight is 338 g/mol. The van der Waals surface area contributed by atoms with Gasteiger partial charge in [-0.2, -0.15) is 0 Å². The van der Waals surface area contributed by atoms with Crippen LogP contribution in [0, 0.1) is 0 Å². The number of hydrogen-bond acceptors (Lipinski definition) is 10. The molecule has 0 atom stereocenters. The van der Waals surface area contributed by atoms with Crippen molar-refractivity contribution in [2.75, 3.05) is 0 Å². The molecule has 6 aliphatic rings. The Hall–Kier alpha value is -3.90. The number of hydrogen-bond donors (Lipinski definition) is 0. The Morgan fingerprint density at radius 3 is 1.77 bits per heavy atom. The van der Waals surface area contributed by atoms with Gasteiger partial charge in [0.25, 0.3) is 0 Å². The lowest BCUT2D eigenvalue weighted by Gasteiger charge is -2.19. The Bertz CT molecular complexity index is 1490. The molecule has 13 heteroatoms. The van der Waals surface area contributed by atoms with E-state index in [1.54, 1.807) is 0 Å². The van der Waals surface area contributed by atoms with Crippen molar-refractivity contribution in [3.05, 3.63) is 22.4 Å². The van der Waals surface area contributed by atoms with Gasteiger partial charge in [-0.25, -0.2) is 20.0 Å². The molecule has 12 nitrogen and oxygen atoms in total. The second-order valence-corrected chi connectivity index (χ2v) is 6.45. The zero-order valence-electron chi connectivity index (χ0n) is 12.9. The monoisotopic (exact) mass is 338 g/mol. The summed E-state index contributed by atoms with van der Waals surface area (Å²) in [4.78, 5) is 18.8. The smallest absolute Gasteiger partial charge is 0.331 e. The summed E-state index contributed by atoms with van der Waals surface area (Å²) in [5, 5.41) is 24.7. The van der Waals surface area contributed by atoms with E-state index in [0.717, 1.165) is 34.1 Å². The van der Waals surface area contributed by atoms with Crippen LogP contribution in [0.4, 0.5) is 34.4 Å². The predicted molar refractivity (Wildman–Crippen MR) is 88.0 cm³/mol. The van der Waals surface area contributed by atoms with Crippen LogP contribution in [0.3, 0.4) is 0 Å². The van der Waals surface area contributed by atoms with E-state index in [1.165, 1.54) is 0 Å². The molecular formula is C13H3BN12. The number of fused-ring (bicyclic) bond motifs is 9. The van der Waals surface area contributed by atoms with Gasteiger partial charge < -0.3 is 8.96 Å². The molecule has 0 aromatic carbocycles. The Balaban J connectivity index is 1.65. The summed E-state index contributed by atoms with van der Waals surface area (Å²) in [6, 6.07) is 0. The first-order valence-electron chi connectivity index (χ1n) is 7.97. The summed E-state index contributed by atoms with van der Waals surface area (Å²) in [6.07, 6.45) is 0. The van der Waals surface area contributed by atoms with Crippen LogP contribution in [0.15, 0.2) is 62.0 Å². The molecule has 0 radical (unpaired) electrons. The van der Waals surface area contributed by atoms with Gasteiger partial charge in [-0.1, -0.05) is 0 Å². The maximum absolute atomic E-state index is 4.79. The van der Waals surface area contributed by atoms with Gasteiger partial charge in [0, 0.05) is 0 Å². The maximum atomic E-state index is 4.79. The first-order valence-corrected chi connectivity index (χ1v) is 7.97. The summed E-state index contributed by atoms with van der Waals surface area (Å²) in [7, 11) is 0. The second-order valence-electron chi connectivity index (χ2n) is 6.45. The van der Waals surface area contributed by atoms with Gasteiger partial charge in [-0.05, 0) is 6.82 Å². The number of nitrogens with zero attached hydrogens (tertiary/aromatic N) is 12. The number of aromatic nitrogens is 2. The van der Waals surface area contributed by atoms with Crippen LogP contribution in [-0.2, 0) is 0 Å². The van der Waals surface area contributed by atoms with Crippen molar-refractivity contribution in [1.82, 2.24) is 8.96 Å². The molecule has 0 saturated heterocycles. The van der Waals surface area contributed by atoms with Gasteiger partial charge in [0.2, 0.25) is 0 Å². The highest BCUT2D eigenvalue weighted by molar-refractivity contribution is 6.56. The fraction of sp³-hybridized carbons (Fsp3) is 0.0769. The minimum atomic E-state index is -0.137. The van der Waals surface area contributed by atoms with Gasteiger partial charge in [-0.3, -0.25) is 0 Å². The van der Waals surface area contributed by atoms with Crippen LogP contribution in [0.25, 0.3) is 0 Å². The molecule has 0 unspecified atom stereocenters. The van der Waals surface area contributed by atoms with Crippen LogP contribution in [0.1, 0.15) is 0 Å². The molecule has 8 heterocycles. The van der Waals surface area contributed by atoms with Gasteiger partial charge >= 0.3 is 6.98 Å². The third kappa shape index (κ3) is 0.967. The number of aliphatic imine (C=N–C) groups is 2. The van der Waals surface area contributed by atoms with E-state index in [1.807, 2.05) is 8.96 Å². The average Bonchev–Trinajstić information content (AvgIpc) is 2.92. The molecule has 0 amide bonds. The van der Waals surface area contributed by atoms with Gasteiger partial charge in [-0.15, -0.1) is 30.7 Å². The highest BCUT2D eigenvalue weighted by atomic mass is 15.4. The Morgan fingerprint density at radius 2 is 1.15 bits per heavy atom. The Labute approximate surface area is 142 Å². The summed E-state index contributed by atoms with van der Waals surface area (Å²) in [5.41, 5.74) is 5.58. The SMILES string of the molecule is CB1n2c3c4c(c2N=c2c5c(c(n21)=NC1=NC(=N3)C2=C1N=N2)N=N5)N=N4. The first kappa shape index (κ1) is 11.6. The Kier molecular flexibility index (Phi) is 1.46. The Morgan fingerprint density at radius 1 is 0.577 bits per heavy atom. The van der Waals surface area contributed by atoms with E-state index in [-0.39, 0.29) is 6.98 Å². The lowest BCUT2D eigenvalue weighted by Crippen LogP contribution is -2.46. The summed E-state index contributed by atoms with van der Waals surface area (Å²) >= 11 is 0. The van der Waals surface area contributed by atoms with E-state index in [0.29, 0.717) is 34.4 Å². The van der Waals surface area contributed by atoms with Crippen LogP contribution in [0.2, 0.25) is 6.82 Å². The van der Waals surface area contributed by atoms with E-state index in [2.05, 4.69) is 42.5 Å². The molecule has 4 bridgehead atoms. The topological polar surface area (TPSA) is 133 Å². The maximum Gasteiger partial charge on any atom is 0.386 e. The van der Waals surface area contributed by atoms with Crippen LogP contribution in [-0.4, -0.2) is 27.6 Å². The molecule has 0 aliphatic carbocycles. The normalized spacial score (nSPS) is 20.1. The number of amidine groups is 2. The lowest BCUT2D eigenvalue weighted by molar-refractivity contribution is 0.913. The van der Waals surface area contributed by atoms with Crippen LogP contribution >= 0.6 is 0 Å². The quantitative estimate of drug-likeness (QED) is 0.435. The second kappa shape index (κ2) is 3.27. The summed E-state index contributed by atoms with van der Waals surface area (Å²) in [5.74, 6) is 2.35. The minimum Gasteiger partial charge on any atom is -0.331 e. The third-order valence-corrected chi connectivity index (χ3v) is 5.20. The van der Waals surface area contributed by atoms with Crippen molar-refractivity contribution >= 4 is 53.0 Å². The molecule has 8 rings (SSSR count).